The number of nitrogens with one attached hydrogen (secondary N) is 1. The van der Waals surface area contributed by atoms with Gasteiger partial charge in [-0.1, -0.05) is 6.42 Å². The molecule has 7 heteroatoms. The molecule has 0 bridgehead atoms. The van der Waals surface area contributed by atoms with Crippen molar-refractivity contribution in [2.75, 3.05) is 37.6 Å². The van der Waals surface area contributed by atoms with E-state index in [1.165, 1.54) is 19.3 Å². The molecule has 2 aliphatic heterocycles. The molecule has 4 heterocycles. The smallest absolute Gasteiger partial charge is 0.222 e. The Balaban J connectivity index is 1.30. The van der Waals surface area contributed by atoms with E-state index in [2.05, 4.69) is 31.6 Å². The molecular formula is C18H25N5OS. The molecule has 6 nitrogen and oxygen atoms in total. The number of amides is 1. The first-order chi connectivity index (χ1) is 12.3. The molecule has 25 heavy (non-hydrogen) atoms. The van der Waals surface area contributed by atoms with Crippen LogP contribution in [0.4, 0.5) is 5.82 Å². The zero-order valence-corrected chi connectivity index (χ0v) is 15.3. The van der Waals surface area contributed by atoms with Crippen LogP contribution in [-0.4, -0.2) is 59.5 Å². The van der Waals surface area contributed by atoms with E-state index < -0.39 is 0 Å². The minimum atomic E-state index is 0.301. The van der Waals surface area contributed by atoms with E-state index in [0.29, 0.717) is 18.4 Å². The third kappa shape index (κ3) is 3.77. The van der Waals surface area contributed by atoms with Crippen LogP contribution in [0.2, 0.25) is 0 Å². The van der Waals surface area contributed by atoms with E-state index in [1.54, 1.807) is 17.7 Å². The van der Waals surface area contributed by atoms with Gasteiger partial charge < -0.3 is 15.1 Å². The van der Waals surface area contributed by atoms with Crippen LogP contribution in [-0.2, 0) is 4.79 Å². The number of rotatable bonds is 4. The third-order valence-corrected chi connectivity index (χ3v) is 6.11. The Morgan fingerprint density at radius 1 is 1.24 bits per heavy atom. The third-order valence-electron chi connectivity index (χ3n) is 5.29. The molecule has 1 atom stereocenters. The molecule has 134 valence electrons. The molecule has 1 N–H and O–H groups in total. The second-order valence-corrected chi connectivity index (χ2v) is 7.78. The van der Waals surface area contributed by atoms with Crippen LogP contribution in [0, 0.1) is 0 Å². The van der Waals surface area contributed by atoms with Gasteiger partial charge in [0.15, 0.2) is 0 Å². The molecule has 0 unspecified atom stereocenters. The average molecular weight is 359 g/mol. The van der Waals surface area contributed by atoms with Gasteiger partial charge in [0.1, 0.15) is 17.0 Å². The van der Waals surface area contributed by atoms with Gasteiger partial charge >= 0.3 is 0 Å². The van der Waals surface area contributed by atoms with Crippen LogP contribution in [0.25, 0.3) is 10.2 Å². The maximum Gasteiger partial charge on any atom is 0.222 e. The van der Waals surface area contributed by atoms with Crippen molar-refractivity contribution in [1.82, 2.24) is 20.2 Å². The van der Waals surface area contributed by atoms with E-state index in [9.17, 15) is 4.79 Å². The van der Waals surface area contributed by atoms with Crippen LogP contribution >= 0.6 is 11.3 Å². The molecule has 2 aromatic heterocycles. The summed E-state index contributed by atoms with van der Waals surface area (Å²) in [4.78, 5) is 26.6. The van der Waals surface area contributed by atoms with Crippen molar-refractivity contribution < 1.29 is 4.79 Å². The first-order valence-electron chi connectivity index (χ1n) is 9.25. The second-order valence-electron chi connectivity index (χ2n) is 6.89. The Morgan fingerprint density at radius 2 is 2.12 bits per heavy atom. The van der Waals surface area contributed by atoms with Gasteiger partial charge in [0.25, 0.3) is 0 Å². The van der Waals surface area contributed by atoms with Crippen molar-refractivity contribution in [2.24, 2.45) is 0 Å². The lowest BCUT2D eigenvalue weighted by molar-refractivity contribution is -0.131. The molecular weight excluding hydrogens is 334 g/mol. The molecule has 0 radical (unpaired) electrons. The number of aromatic nitrogens is 2. The summed E-state index contributed by atoms with van der Waals surface area (Å²) in [6.07, 6.45) is 7.06. The first kappa shape index (κ1) is 16.7. The number of anilines is 1. The van der Waals surface area contributed by atoms with Gasteiger partial charge in [-0.05, 0) is 37.3 Å². The standard InChI is InChI=1S/C18H25N5OS/c24-16(5-4-14-3-1-2-7-19-14)22-8-10-23(11-9-22)17-15-6-12-25-18(15)21-13-20-17/h6,12-14,19H,1-5,7-11H2/t14-/m1/s1. The van der Waals surface area contributed by atoms with Crippen molar-refractivity contribution in [3.63, 3.8) is 0 Å². The van der Waals surface area contributed by atoms with Crippen molar-refractivity contribution in [3.8, 4) is 0 Å². The zero-order chi connectivity index (χ0) is 17.1. The number of hydrogen-bond donors (Lipinski definition) is 1. The van der Waals surface area contributed by atoms with Crippen LogP contribution in [0.3, 0.4) is 0 Å². The quantitative estimate of drug-likeness (QED) is 0.907. The highest BCUT2D eigenvalue weighted by molar-refractivity contribution is 7.16. The fourth-order valence-electron chi connectivity index (χ4n) is 3.82. The maximum absolute atomic E-state index is 12.5. The highest BCUT2D eigenvalue weighted by Crippen LogP contribution is 2.27. The predicted molar refractivity (Wildman–Crippen MR) is 101 cm³/mol. The SMILES string of the molecule is O=C(CC[C@H]1CCCCN1)N1CCN(c2ncnc3sccc23)CC1. The van der Waals surface area contributed by atoms with Crippen LogP contribution in [0.15, 0.2) is 17.8 Å². The van der Waals surface area contributed by atoms with E-state index >= 15 is 0 Å². The lowest BCUT2D eigenvalue weighted by atomic mass is 10.0. The number of nitrogens with zero attached hydrogens (tertiary/aromatic N) is 4. The Kier molecular flexibility index (Phi) is 5.12. The summed E-state index contributed by atoms with van der Waals surface area (Å²) >= 11 is 1.64. The number of piperidine rings is 1. The first-order valence-corrected chi connectivity index (χ1v) is 10.1. The monoisotopic (exact) mass is 359 g/mol. The summed E-state index contributed by atoms with van der Waals surface area (Å²) in [5.74, 6) is 1.31. The average Bonchev–Trinajstić information content (AvgIpc) is 3.16. The van der Waals surface area contributed by atoms with Crippen molar-refractivity contribution in [1.29, 1.82) is 0 Å². The Hall–Kier alpha value is -1.73. The van der Waals surface area contributed by atoms with Gasteiger partial charge in [-0.3, -0.25) is 4.79 Å². The number of carbonyl (C=O) groups is 1. The van der Waals surface area contributed by atoms with Gasteiger partial charge in [0.05, 0.1) is 5.39 Å². The van der Waals surface area contributed by atoms with Gasteiger partial charge in [-0.2, -0.15) is 0 Å². The minimum absolute atomic E-state index is 0.301. The summed E-state index contributed by atoms with van der Waals surface area (Å²) in [5.41, 5.74) is 0. The molecule has 2 fully saturated rings. The molecule has 2 aromatic rings. The lowest BCUT2D eigenvalue weighted by Gasteiger charge is -2.36. The Labute approximate surface area is 152 Å². The largest absolute Gasteiger partial charge is 0.352 e. The van der Waals surface area contributed by atoms with Crippen LogP contribution < -0.4 is 10.2 Å². The molecule has 0 aliphatic carbocycles. The number of fused-ring (bicyclic) bond motifs is 1. The predicted octanol–water partition coefficient (Wildman–Crippen LogP) is 2.26. The molecule has 0 spiro atoms. The van der Waals surface area contributed by atoms with E-state index in [-0.39, 0.29) is 0 Å². The highest BCUT2D eigenvalue weighted by atomic mass is 32.1. The van der Waals surface area contributed by atoms with E-state index in [4.69, 9.17) is 0 Å². The summed E-state index contributed by atoms with van der Waals surface area (Å²) in [6, 6.07) is 2.62. The summed E-state index contributed by atoms with van der Waals surface area (Å²) in [6.45, 7) is 4.36. The van der Waals surface area contributed by atoms with Crippen LogP contribution in [0.5, 0.6) is 0 Å². The van der Waals surface area contributed by atoms with Gasteiger partial charge in [-0.15, -0.1) is 11.3 Å². The van der Waals surface area contributed by atoms with Crippen molar-refractivity contribution in [3.05, 3.63) is 17.8 Å². The van der Waals surface area contributed by atoms with E-state index in [1.807, 2.05) is 4.90 Å². The number of piperazine rings is 1. The topological polar surface area (TPSA) is 61.4 Å². The molecule has 0 aromatic carbocycles. The molecule has 2 saturated heterocycles. The zero-order valence-electron chi connectivity index (χ0n) is 14.5. The van der Waals surface area contributed by atoms with Gasteiger partial charge in [0, 0.05) is 38.6 Å². The fourth-order valence-corrected chi connectivity index (χ4v) is 4.55. The summed E-state index contributed by atoms with van der Waals surface area (Å²) < 4.78 is 0. The minimum Gasteiger partial charge on any atom is -0.352 e. The van der Waals surface area contributed by atoms with Gasteiger partial charge in [-0.25, -0.2) is 9.97 Å². The van der Waals surface area contributed by atoms with E-state index in [0.717, 1.165) is 55.2 Å². The van der Waals surface area contributed by atoms with Crippen molar-refractivity contribution in [2.45, 2.75) is 38.1 Å². The molecule has 0 saturated carbocycles. The summed E-state index contributed by atoms with van der Waals surface area (Å²) in [5, 5.41) is 6.71. The Morgan fingerprint density at radius 3 is 2.92 bits per heavy atom. The highest BCUT2D eigenvalue weighted by Gasteiger charge is 2.24. The normalized spacial score (nSPS) is 21.7. The number of carbonyl (C=O) groups excluding carboxylic acids is 1. The Bertz CT molecular complexity index is 719. The lowest BCUT2D eigenvalue weighted by Crippen LogP contribution is -2.49. The number of thiophene rings is 1. The van der Waals surface area contributed by atoms with Crippen molar-refractivity contribution >= 4 is 33.3 Å². The second kappa shape index (κ2) is 7.66. The number of hydrogen-bond acceptors (Lipinski definition) is 6. The molecule has 1 amide bonds. The van der Waals surface area contributed by atoms with Crippen LogP contribution in [0.1, 0.15) is 32.1 Å². The molecule has 4 rings (SSSR count). The maximum atomic E-state index is 12.5. The fraction of sp³-hybridized carbons (Fsp3) is 0.611. The summed E-state index contributed by atoms with van der Waals surface area (Å²) in [7, 11) is 0. The molecule has 2 aliphatic rings. The van der Waals surface area contributed by atoms with Gasteiger partial charge in [0.2, 0.25) is 5.91 Å².